The average Bonchev–Trinajstić information content (AvgIpc) is 2.97. The summed E-state index contributed by atoms with van der Waals surface area (Å²) < 4.78 is 0. The van der Waals surface area contributed by atoms with Crippen LogP contribution in [0.25, 0.3) is 10.8 Å². The molecule has 0 spiro atoms. The number of nitrogens with zero attached hydrogens (tertiary/aromatic N) is 2. The molecule has 6 heteroatoms. The van der Waals surface area contributed by atoms with Crippen LogP contribution in [0.4, 0.5) is 5.82 Å². The van der Waals surface area contributed by atoms with Crippen LogP contribution in [0, 0.1) is 0 Å². The zero-order valence-electron chi connectivity index (χ0n) is 10.4. The van der Waals surface area contributed by atoms with E-state index >= 15 is 0 Å². The quantitative estimate of drug-likeness (QED) is 0.770. The van der Waals surface area contributed by atoms with E-state index in [0.717, 1.165) is 10.4 Å². The fraction of sp³-hybridized carbons (Fsp3) is 0.0714. The Morgan fingerprint density at radius 2 is 2.05 bits per heavy atom. The topological polar surface area (TPSA) is 75.1 Å². The summed E-state index contributed by atoms with van der Waals surface area (Å²) in [5.74, 6) is -0.305. The molecule has 0 aliphatic rings. The molecule has 0 unspecified atom stereocenters. The Kier molecular flexibility index (Phi) is 3.30. The van der Waals surface area contributed by atoms with Crippen LogP contribution in [-0.4, -0.2) is 21.0 Å². The zero-order chi connectivity index (χ0) is 13.9. The maximum absolute atomic E-state index is 11.2. The van der Waals surface area contributed by atoms with E-state index in [-0.39, 0.29) is 5.56 Å². The van der Waals surface area contributed by atoms with Crippen molar-refractivity contribution in [3.8, 4) is 0 Å². The number of anilines is 1. The molecule has 0 radical (unpaired) electrons. The molecule has 0 bridgehead atoms. The van der Waals surface area contributed by atoms with Gasteiger partial charge in [0, 0.05) is 28.5 Å². The van der Waals surface area contributed by atoms with Crippen LogP contribution >= 0.6 is 11.3 Å². The molecule has 0 aliphatic carbocycles. The summed E-state index contributed by atoms with van der Waals surface area (Å²) in [4.78, 5) is 19.6. The van der Waals surface area contributed by atoms with Crippen molar-refractivity contribution in [2.24, 2.45) is 0 Å². The van der Waals surface area contributed by atoms with Gasteiger partial charge in [0.1, 0.15) is 10.8 Å². The van der Waals surface area contributed by atoms with Gasteiger partial charge in [0.2, 0.25) is 0 Å². The highest BCUT2D eigenvalue weighted by atomic mass is 32.1. The van der Waals surface area contributed by atoms with Gasteiger partial charge in [-0.3, -0.25) is 0 Å². The Labute approximate surface area is 118 Å². The molecule has 100 valence electrons. The number of fused-ring (bicyclic) bond motifs is 1. The molecule has 3 aromatic rings. The number of pyridine rings is 1. The number of hydrogen-bond donors (Lipinski definition) is 2. The lowest BCUT2D eigenvalue weighted by atomic mass is 10.1. The molecular weight excluding hydrogens is 274 g/mol. The predicted octanol–water partition coefficient (Wildman–Crippen LogP) is 3.00. The summed E-state index contributed by atoms with van der Waals surface area (Å²) in [7, 11) is 0. The lowest BCUT2D eigenvalue weighted by Gasteiger charge is -2.09. The first-order chi connectivity index (χ1) is 9.75. The van der Waals surface area contributed by atoms with Crippen molar-refractivity contribution in [2.75, 3.05) is 5.32 Å². The van der Waals surface area contributed by atoms with Gasteiger partial charge in [-0.1, -0.05) is 24.3 Å². The van der Waals surface area contributed by atoms with E-state index in [2.05, 4.69) is 15.3 Å². The minimum atomic E-state index is -0.972. The first-order valence-corrected chi connectivity index (χ1v) is 6.87. The highest BCUT2D eigenvalue weighted by molar-refractivity contribution is 7.09. The van der Waals surface area contributed by atoms with E-state index in [9.17, 15) is 9.90 Å². The van der Waals surface area contributed by atoms with Crippen molar-refractivity contribution in [1.29, 1.82) is 0 Å². The minimum absolute atomic E-state index is 0.209. The van der Waals surface area contributed by atoms with Gasteiger partial charge in [-0.25, -0.2) is 14.8 Å². The number of carboxylic acids is 1. The highest BCUT2D eigenvalue weighted by Crippen LogP contribution is 2.25. The molecule has 0 atom stereocenters. The Bertz CT molecular complexity index is 756. The molecular formula is C14H11N3O2S. The number of aromatic nitrogens is 2. The standard InChI is InChI=1S/C14H11N3O2S/c18-14(19)11-7-16-13(10-4-2-1-3-9(10)11)17-8-12-15-5-6-20-12/h1-7H,8H2,(H,16,17)(H,18,19). The molecule has 3 rings (SSSR count). The van der Waals surface area contributed by atoms with Crippen LogP contribution in [0.2, 0.25) is 0 Å². The second-order valence-electron chi connectivity index (χ2n) is 4.15. The van der Waals surface area contributed by atoms with Crippen LogP contribution in [0.15, 0.2) is 42.0 Å². The summed E-state index contributed by atoms with van der Waals surface area (Å²) in [5.41, 5.74) is 0.209. The average molecular weight is 285 g/mol. The Morgan fingerprint density at radius 3 is 2.75 bits per heavy atom. The summed E-state index contributed by atoms with van der Waals surface area (Å²) in [6.45, 7) is 0.571. The monoisotopic (exact) mass is 285 g/mol. The lowest BCUT2D eigenvalue weighted by molar-refractivity contribution is 0.0698. The first-order valence-electron chi connectivity index (χ1n) is 5.99. The molecule has 2 aromatic heterocycles. The number of carboxylic acid groups (broad SMARTS) is 1. The number of aromatic carboxylic acids is 1. The van der Waals surface area contributed by atoms with Crippen molar-refractivity contribution in [3.05, 3.63) is 52.6 Å². The van der Waals surface area contributed by atoms with Gasteiger partial charge in [0.15, 0.2) is 0 Å². The molecule has 5 nitrogen and oxygen atoms in total. The second-order valence-corrected chi connectivity index (χ2v) is 5.13. The zero-order valence-corrected chi connectivity index (χ0v) is 11.2. The molecule has 0 amide bonds. The highest BCUT2D eigenvalue weighted by Gasteiger charge is 2.12. The molecule has 20 heavy (non-hydrogen) atoms. The SMILES string of the molecule is O=C(O)c1cnc(NCc2nccs2)c2ccccc12. The fourth-order valence-corrected chi connectivity index (χ4v) is 2.56. The van der Waals surface area contributed by atoms with Crippen LogP contribution in [0.1, 0.15) is 15.4 Å². The molecule has 0 saturated heterocycles. The van der Waals surface area contributed by atoms with Gasteiger partial charge in [0.25, 0.3) is 0 Å². The Hall–Kier alpha value is -2.47. The summed E-state index contributed by atoms with van der Waals surface area (Å²) >= 11 is 1.56. The molecule has 2 heterocycles. The van der Waals surface area contributed by atoms with Crippen LogP contribution in [0.5, 0.6) is 0 Å². The van der Waals surface area contributed by atoms with Gasteiger partial charge in [0.05, 0.1) is 12.1 Å². The Morgan fingerprint density at radius 1 is 1.25 bits per heavy atom. The summed E-state index contributed by atoms with van der Waals surface area (Å²) in [5, 5.41) is 16.7. The first kappa shape index (κ1) is 12.6. The van der Waals surface area contributed by atoms with E-state index in [1.54, 1.807) is 23.6 Å². The third-order valence-corrected chi connectivity index (χ3v) is 3.70. The van der Waals surface area contributed by atoms with Crippen LogP contribution < -0.4 is 5.32 Å². The summed E-state index contributed by atoms with van der Waals surface area (Å²) in [6, 6.07) is 7.33. The minimum Gasteiger partial charge on any atom is -0.478 e. The van der Waals surface area contributed by atoms with Crippen molar-refractivity contribution in [1.82, 2.24) is 9.97 Å². The third-order valence-electron chi connectivity index (χ3n) is 2.92. The largest absolute Gasteiger partial charge is 0.478 e. The number of hydrogen-bond acceptors (Lipinski definition) is 5. The van der Waals surface area contributed by atoms with Gasteiger partial charge in [-0.05, 0) is 0 Å². The third kappa shape index (κ3) is 2.33. The van der Waals surface area contributed by atoms with Crippen molar-refractivity contribution in [2.45, 2.75) is 6.54 Å². The normalized spacial score (nSPS) is 10.6. The van der Waals surface area contributed by atoms with Gasteiger partial charge in [-0.15, -0.1) is 11.3 Å². The maximum Gasteiger partial charge on any atom is 0.337 e. The number of nitrogens with one attached hydrogen (secondary N) is 1. The smallest absolute Gasteiger partial charge is 0.337 e. The van der Waals surface area contributed by atoms with Crippen molar-refractivity contribution in [3.63, 3.8) is 0 Å². The van der Waals surface area contributed by atoms with Gasteiger partial charge in [-0.2, -0.15) is 0 Å². The maximum atomic E-state index is 11.2. The molecule has 0 aliphatic heterocycles. The molecule has 2 N–H and O–H groups in total. The van der Waals surface area contributed by atoms with Crippen molar-refractivity contribution >= 4 is 33.9 Å². The van der Waals surface area contributed by atoms with E-state index in [0.29, 0.717) is 17.7 Å². The van der Waals surface area contributed by atoms with Crippen LogP contribution in [0.3, 0.4) is 0 Å². The van der Waals surface area contributed by atoms with Crippen LogP contribution in [-0.2, 0) is 6.54 Å². The van der Waals surface area contributed by atoms with E-state index in [1.165, 1.54) is 6.20 Å². The number of rotatable bonds is 4. The summed E-state index contributed by atoms with van der Waals surface area (Å²) in [6.07, 6.45) is 3.13. The Balaban J connectivity index is 1.99. The lowest BCUT2D eigenvalue weighted by Crippen LogP contribution is -2.05. The predicted molar refractivity (Wildman–Crippen MR) is 78.1 cm³/mol. The molecule has 1 aromatic carbocycles. The number of carbonyl (C=O) groups is 1. The molecule has 0 fully saturated rings. The second kappa shape index (κ2) is 5.26. The van der Waals surface area contributed by atoms with E-state index in [4.69, 9.17) is 0 Å². The van der Waals surface area contributed by atoms with Gasteiger partial charge >= 0.3 is 5.97 Å². The number of thiazole rings is 1. The van der Waals surface area contributed by atoms with E-state index in [1.807, 2.05) is 23.6 Å². The molecule has 0 saturated carbocycles. The van der Waals surface area contributed by atoms with Gasteiger partial charge < -0.3 is 10.4 Å². The number of benzene rings is 1. The van der Waals surface area contributed by atoms with E-state index < -0.39 is 5.97 Å². The fourth-order valence-electron chi connectivity index (χ4n) is 2.00. The van der Waals surface area contributed by atoms with Crippen molar-refractivity contribution < 1.29 is 9.90 Å².